The van der Waals surface area contributed by atoms with Gasteiger partial charge in [-0.25, -0.2) is 0 Å². The van der Waals surface area contributed by atoms with E-state index in [4.69, 9.17) is 18.9 Å². The number of hydrogen-bond acceptors (Lipinski definition) is 15. The topological polar surface area (TPSA) is 214 Å². The van der Waals surface area contributed by atoms with Crippen LogP contribution in [0.15, 0.2) is 52.5 Å². The van der Waals surface area contributed by atoms with E-state index in [-0.39, 0.29) is 28.0 Å². The highest BCUT2D eigenvalue weighted by Gasteiger charge is 2.52. The van der Waals surface area contributed by atoms with Crippen LogP contribution >= 0.6 is 0 Å². The van der Waals surface area contributed by atoms with E-state index in [0.717, 1.165) is 6.54 Å². The van der Waals surface area contributed by atoms with Gasteiger partial charge in [0.25, 0.3) is 11.7 Å². The molecule has 4 aliphatic heterocycles. The van der Waals surface area contributed by atoms with E-state index < -0.39 is 106 Å². The van der Waals surface area contributed by atoms with E-state index in [0.29, 0.717) is 26.2 Å². The second-order valence-electron chi connectivity index (χ2n) is 16.2. The normalized spacial score (nSPS) is 32.9. The number of likely N-dealkylation sites (N-methyl/N-ethyl adjacent to an activating group) is 1. The number of phenolic OH excluding ortho intramolecular Hbond substituents is 1. The Kier molecular flexibility index (Phi) is 14.3. The summed E-state index contributed by atoms with van der Waals surface area (Å²) in [6.07, 6.45) is 4.58. The number of aromatic hydroxyl groups is 1. The molecule has 5 bridgehead atoms. The smallest absolute Gasteiger partial charge is 0.312 e. The second-order valence-corrected chi connectivity index (χ2v) is 16.2. The molecule has 5 aliphatic rings. The summed E-state index contributed by atoms with van der Waals surface area (Å²) < 4.78 is 23.5. The standard InChI is InChI=1S/C44H58N4O12/c1-11-47-16-18-48(19-17-47)45-21-29-34-39(54)32-31(38(29)53)33-41(27(7)37(32)52)60-44(9,42(33)55)58-20-15-30(57-10)24(4)40(59-28(8)49)26(6)36(51)25(5)35(50)22(2)13-12-14-23(3)43(56)46-34/h12-15,20-22,24-26,30,35-36,40,50-52H,11,16-19H2,1-10H3,(H,46,56)/b13-12+,20-15+,23-14-,45-21+/t22-,24+,25+,26+,30-,35-,36+,40+,44-/m0/s1. The molecule has 4 N–H and O–H groups in total. The fourth-order valence-electron chi connectivity index (χ4n) is 8.15. The van der Waals surface area contributed by atoms with E-state index in [1.807, 2.05) is 0 Å². The maximum absolute atomic E-state index is 14.7. The quantitative estimate of drug-likeness (QED) is 0.247. The van der Waals surface area contributed by atoms with Crippen molar-refractivity contribution in [2.45, 2.75) is 92.5 Å². The van der Waals surface area contributed by atoms with E-state index in [1.165, 1.54) is 59.4 Å². The van der Waals surface area contributed by atoms with Crippen molar-refractivity contribution in [2.24, 2.45) is 28.8 Å². The first-order valence-electron chi connectivity index (χ1n) is 20.3. The molecule has 0 unspecified atom stereocenters. The number of fused-ring (bicyclic) bond motifs is 14. The summed E-state index contributed by atoms with van der Waals surface area (Å²) in [6.45, 7) is 17.8. The summed E-state index contributed by atoms with van der Waals surface area (Å²) in [5, 5.41) is 43.2. The zero-order valence-electron chi connectivity index (χ0n) is 36.0. The van der Waals surface area contributed by atoms with Crippen LogP contribution in [0.25, 0.3) is 0 Å². The Labute approximate surface area is 350 Å². The van der Waals surface area contributed by atoms with E-state index in [2.05, 4.69) is 22.2 Å². The van der Waals surface area contributed by atoms with Gasteiger partial charge in [0.1, 0.15) is 23.3 Å². The van der Waals surface area contributed by atoms with Crippen LogP contribution in [0.3, 0.4) is 0 Å². The third-order valence-electron chi connectivity index (χ3n) is 12.1. The van der Waals surface area contributed by atoms with Crippen LogP contribution in [0.5, 0.6) is 11.5 Å². The van der Waals surface area contributed by atoms with Gasteiger partial charge in [0.15, 0.2) is 5.78 Å². The number of nitrogens with zero attached hydrogens (tertiary/aromatic N) is 3. The molecule has 16 heteroatoms. The Hall–Kier alpha value is -5.16. The lowest BCUT2D eigenvalue weighted by Gasteiger charge is -2.38. The van der Waals surface area contributed by atoms with Crippen molar-refractivity contribution in [2.75, 3.05) is 39.8 Å². The van der Waals surface area contributed by atoms with Crippen molar-refractivity contribution in [3.63, 3.8) is 0 Å². The van der Waals surface area contributed by atoms with Gasteiger partial charge >= 0.3 is 11.8 Å². The van der Waals surface area contributed by atoms with E-state index >= 15 is 0 Å². The number of hydrazone groups is 1. The van der Waals surface area contributed by atoms with Crippen LogP contribution in [-0.2, 0) is 23.8 Å². The Morgan fingerprint density at radius 1 is 0.967 bits per heavy atom. The second kappa shape index (κ2) is 18.6. The summed E-state index contributed by atoms with van der Waals surface area (Å²) in [7, 11) is 1.43. The first kappa shape index (κ1) is 45.9. The van der Waals surface area contributed by atoms with Crippen LogP contribution in [0.1, 0.15) is 92.0 Å². The van der Waals surface area contributed by atoms with Gasteiger partial charge in [0, 0.05) is 81.9 Å². The Morgan fingerprint density at radius 2 is 1.63 bits per heavy atom. The minimum Gasteiger partial charge on any atom is -0.507 e. The van der Waals surface area contributed by atoms with Gasteiger partial charge in [-0.05, 0) is 26.5 Å². The zero-order valence-corrected chi connectivity index (χ0v) is 36.0. The molecular weight excluding hydrogens is 777 g/mol. The summed E-state index contributed by atoms with van der Waals surface area (Å²) in [6, 6.07) is 0. The highest BCUT2D eigenvalue weighted by atomic mass is 16.7. The van der Waals surface area contributed by atoms with Crippen molar-refractivity contribution in [1.82, 2.24) is 15.2 Å². The molecule has 0 saturated carbocycles. The van der Waals surface area contributed by atoms with Crippen LogP contribution in [-0.4, -0.2) is 131 Å². The van der Waals surface area contributed by atoms with Gasteiger partial charge in [-0.1, -0.05) is 52.8 Å². The first-order chi connectivity index (χ1) is 28.3. The Bertz CT molecular complexity index is 2050. The number of phenols is 1. The lowest BCUT2D eigenvalue weighted by Crippen LogP contribution is -2.46. The molecule has 6 rings (SSSR count). The molecule has 16 nitrogen and oxygen atoms in total. The van der Waals surface area contributed by atoms with Crippen LogP contribution in [0.4, 0.5) is 0 Å². The average Bonchev–Trinajstić information content (AvgIpc) is 3.49. The van der Waals surface area contributed by atoms with Crippen LogP contribution < -0.4 is 10.1 Å². The molecule has 0 radical (unpaired) electrons. The third kappa shape index (κ3) is 8.97. The van der Waals surface area contributed by atoms with Crippen molar-refractivity contribution in [3.8, 4) is 11.5 Å². The molecule has 1 saturated heterocycles. The number of hydrogen-bond donors (Lipinski definition) is 4. The molecule has 1 aliphatic carbocycles. The fourth-order valence-corrected chi connectivity index (χ4v) is 8.15. The summed E-state index contributed by atoms with van der Waals surface area (Å²) in [5.74, 6) is -9.33. The number of benzene rings is 1. The number of methoxy groups -OCH3 is 1. The van der Waals surface area contributed by atoms with Crippen molar-refractivity contribution in [3.05, 3.63) is 69.7 Å². The number of nitrogens with one attached hydrogen (secondary N) is 1. The Morgan fingerprint density at radius 3 is 2.25 bits per heavy atom. The number of aliphatic hydroxyl groups excluding tert-OH is 2. The lowest BCUT2D eigenvalue weighted by molar-refractivity contribution is -0.160. The fraction of sp³-hybridized carbons (Fsp3) is 0.545. The molecule has 1 aromatic carbocycles. The summed E-state index contributed by atoms with van der Waals surface area (Å²) >= 11 is 0. The molecule has 1 fully saturated rings. The minimum absolute atomic E-state index is 0.0106. The van der Waals surface area contributed by atoms with Crippen molar-refractivity contribution < 1.29 is 58.2 Å². The van der Waals surface area contributed by atoms with Crippen molar-refractivity contribution in [1.29, 1.82) is 0 Å². The number of rotatable bonds is 5. The molecule has 0 spiro atoms. The average molecular weight is 835 g/mol. The first-order valence-corrected chi connectivity index (χ1v) is 20.3. The Balaban J connectivity index is 1.65. The molecule has 9 atom stereocenters. The van der Waals surface area contributed by atoms with Crippen molar-refractivity contribution >= 4 is 35.4 Å². The predicted octanol–water partition coefficient (Wildman–Crippen LogP) is 3.62. The van der Waals surface area contributed by atoms with Crippen LogP contribution in [0.2, 0.25) is 0 Å². The van der Waals surface area contributed by atoms with E-state index in [1.54, 1.807) is 44.9 Å². The van der Waals surface area contributed by atoms with Gasteiger partial charge in [0.05, 0.1) is 53.1 Å². The molecule has 4 heterocycles. The number of allylic oxidation sites excluding steroid dienone is 4. The van der Waals surface area contributed by atoms with Gasteiger partial charge < -0.3 is 39.6 Å². The highest BCUT2D eigenvalue weighted by Crippen LogP contribution is 2.48. The number of esters is 1. The number of ether oxygens (including phenoxy) is 4. The number of amides is 1. The molecule has 0 aromatic heterocycles. The molecule has 1 aromatic rings. The monoisotopic (exact) mass is 834 g/mol. The van der Waals surface area contributed by atoms with E-state index in [9.17, 15) is 39.3 Å². The number of piperazine rings is 1. The third-order valence-corrected chi connectivity index (χ3v) is 12.1. The van der Waals surface area contributed by atoms with Crippen LogP contribution in [0, 0.1) is 30.6 Å². The lowest BCUT2D eigenvalue weighted by atomic mass is 9.78. The predicted molar refractivity (Wildman–Crippen MR) is 220 cm³/mol. The number of carbonyl (C=O) groups excluding carboxylic acids is 5. The number of aliphatic hydroxyl groups is 2. The number of carbonyl (C=O) groups is 5. The summed E-state index contributed by atoms with van der Waals surface area (Å²) in [5.41, 5.74) is -1.80. The van der Waals surface area contributed by atoms with Gasteiger partial charge in [-0.15, -0.1) is 0 Å². The number of ketones is 3. The van der Waals surface area contributed by atoms with Gasteiger partial charge in [-0.2, -0.15) is 5.10 Å². The zero-order chi connectivity index (χ0) is 44.4. The molecular formula is C44H58N4O12. The highest BCUT2D eigenvalue weighted by molar-refractivity contribution is 6.37. The maximum atomic E-state index is 14.7. The maximum Gasteiger partial charge on any atom is 0.312 e. The number of Topliss-reactive ketones (excluding diaryl/α,β-unsaturated/α-hetero) is 3. The molecule has 1 amide bonds. The molecule has 60 heavy (non-hydrogen) atoms. The van der Waals surface area contributed by atoms with Gasteiger partial charge in [-0.3, -0.25) is 33.9 Å². The van der Waals surface area contributed by atoms with Gasteiger partial charge in [0.2, 0.25) is 5.78 Å². The summed E-state index contributed by atoms with van der Waals surface area (Å²) in [4.78, 5) is 71.9. The molecule has 326 valence electrons. The largest absolute Gasteiger partial charge is 0.507 e. The minimum atomic E-state index is -2.09. The SMILES string of the molecule is CCN1CCN(/N=C/C2=C3NC(=O)/C(C)=C\C=C\[C@H](C)[C@H](O)[C@@H](C)[C@@H](O)[C@@H](C)[C@H](OC(C)=O)[C@H](C)[C@@H](OC)/C=C/O[C@@]4(C)Oc5c(C)c(O)c(c(c5C4=O)C2=O)C3=O)CC1.